The molecule has 24 heavy (non-hydrogen) atoms. The molecule has 0 saturated heterocycles. The summed E-state index contributed by atoms with van der Waals surface area (Å²) in [5.74, 6) is 1.46. The Morgan fingerprint density at radius 2 is 2.21 bits per heavy atom. The van der Waals surface area contributed by atoms with Gasteiger partial charge in [-0.05, 0) is 25.0 Å². The zero-order valence-electron chi connectivity index (χ0n) is 13.6. The molecule has 130 valence electrons. The molecule has 2 unspecified atom stereocenters. The van der Waals surface area contributed by atoms with Crippen molar-refractivity contribution in [2.24, 2.45) is 5.92 Å². The molecule has 1 aliphatic carbocycles. The third-order valence-corrected chi connectivity index (χ3v) is 4.52. The molecule has 0 bridgehead atoms. The van der Waals surface area contributed by atoms with E-state index in [-0.39, 0.29) is 30.9 Å². The first kappa shape index (κ1) is 16.7. The van der Waals surface area contributed by atoms with Gasteiger partial charge < -0.3 is 19.4 Å². The molecule has 1 aliphatic rings. The lowest BCUT2D eigenvalue weighted by molar-refractivity contribution is -0.122. The second-order valence-corrected chi connectivity index (χ2v) is 6.24. The van der Waals surface area contributed by atoms with Gasteiger partial charge in [0.15, 0.2) is 5.76 Å². The third kappa shape index (κ3) is 4.23. The van der Waals surface area contributed by atoms with Gasteiger partial charge in [-0.25, -0.2) is 0 Å². The number of furan rings is 1. The first-order valence-electron chi connectivity index (χ1n) is 8.53. The van der Waals surface area contributed by atoms with E-state index in [1.807, 2.05) is 0 Å². The van der Waals surface area contributed by atoms with Gasteiger partial charge in [-0.1, -0.05) is 24.4 Å². The molecule has 0 aliphatic heterocycles. The molecule has 0 spiro atoms. The Balaban J connectivity index is 1.50. The summed E-state index contributed by atoms with van der Waals surface area (Å²) in [6, 6.07) is 3.57. The first-order chi connectivity index (χ1) is 11.8. The number of aliphatic hydroxyl groups excluding tert-OH is 1. The van der Waals surface area contributed by atoms with E-state index in [4.69, 9.17) is 8.94 Å². The summed E-state index contributed by atoms with van der Waals surface area (Å²) in [5.41, 5.74) is 0. The molecule has 0 radical (unpaired) electrons. The van der Waals surface area contributed by atoms with Crippen molar-refractivity contribution in [1.29, 1.82) is 0 Å². The van der Waals surface area contributed by atoms with E-state index in [1.54, 1.807) is 18.4 Å². The number of aromatic nitrogens is 2. The Labute approximate surface area is 140 Å². The number of carbonyl (C=O) groups is 1. The minimum absolute atomic E-state index is 0.0434. The molecule has 2 atom stereocenters. The van der Waals surface area contributed by atoms with Gasteiger partial charge >= 0.3 is 0 Å². The van der Waals surface area contributed by atoms with Crippen molar-refractivity contribution in [1.82, 2.24) is 15.5 Å². The molecule has 1 fully saturated rings. The summed E-state index contributed by atoms with van der Waals surface area (Å²) in [5, 5.41) is 16.4. The molecule has 0 aromatic carbocycles. The number of rotatable bonds is 6. The summed E-state index contributed by atoms with van der Waals surface area (Å²) < 4.78 is 10.4. The van der Waals surface area contributed by atoms with Crippen LogP contribution in [0.4, 0.5) is 0 Å². The second-order valence-electron chi connectivity index (χ2n) is 6.24. The molecule has 2 aromatic heterocycles. The third-order valence-electron chi connectivity index (χ3n) is 4.52. The number of nitrogens with one attached hydrogen (secondary N) is 1. The maximum absolute atomic E-state index is 12.2. The predicted molar refractivity (Wildman–Crippen MR) is 85.9 cm³/mol. The van der Waals surface area contributed by atoms with Crippen molar-refractivity contribution >= 4 is 5.91 Å². The smallest absolute Gasteiger partial charge is 0.238 e. The van der Waals surface area contributed by atoms with Gasteiger partial charge in [0, 0.05) is 31.4 Å². The highest BCUT2D eigenvalue weighted by molar-refractivity contribution is 5.76. The molecule has 1 saturated carbocycles. The van der Waals surface area contributed by atoms with Crippen LogP contribution >= 0.6 is 0 Å². The van der Waals surface area contributed by atoms with Crippen molar-refractivity contribution in [3.63, 3.8) is 0 Å². The number of aryl methyl sites for hydroxylation is 1. The molecular formula is C17H23N3O4. The van der Waals surface area contributed by atoms with Crippen molar-refractivity contribution in [3.8, 4) is 11.6 Å². The van der Waals surface area contributed by atoms with Crippen LogP contribution in [0.3, 0.4) is 0 Å². The molecule has 3 rings (SSSR count). The molecular weight excluding hydrogens is 310 g/mol. The molecule has 2 heterocycles. The van der Waals surface area contributed by atoms with Gasteiger partial charge in [-0.15, -0.1) is 0 Å². The lowest BCUT2D eigenvalue weighted by atomic mass is 9.95. The van der Waals surface area contributed by atoms with Crippen LogP contribution < -0.4 is 5.32 Å². The fourth-order valence-electron chi connectivity index (χ4n) is 3.15. The number of nitrogens with zero attached hydrogens (tertiary/aromatic N) is 2. The van der Waals surface area contributed by atoms with E-state index >= 15 is 0 Å². The van der Waals surface area contributed by atoms with Crippen LogP contribution in [0.2, 0.25) is 0 Å². The van der Waals surface area contributed by atoms with E-state index in [1.165, 1.54) is 6.42 Å². The summed E-state index contributed by atoms with van der Waals surface area (Å²) >= 11 is 0. The van der Waals surface area contributed by atoms with Crippen LogP contribution in [-0.2, 0) is 11.2 Å². The van der Waals surface area contributed by atoms with Gasteiger partial charge in [-0.2, -0.15) is 4.98 Å². The van der Waals surface area contributed by atoms with Crippen molar-refractivity contribution in [2.45, 2.75) is 51.0 Å². The SMILES string of the molecule is O=C(CCc1nc(-c2ccco2)no1)NC1CCCCCC1CO. The Bertz CT molecular complexity index is 638. The number of carbonyl (C=O) groups excluding carboxylic acids is 1. The van der Waals surface area contributed by atoms with E-state index < -0.39 is 0 Å². The quantitative estimate of drug-likeness (QED) is 0.787. The zero-order valence-corrected chi connectivity index (χ0v) is 13.6. The fourth-order valence-corrected chi connectivity index (χ4v) is 3.15. The zero-order chi connectivity index (χ0) is 16.8. The highest BCUT2D eigenvalue weighted by Crippen LogP contribution is 2.23. The Hall–Kier alpha value is -2.15. The average molecular weight is 333 g/mol. The Morgan fingerprint density at radius 3 is 3.00 bits per heavy atom. The van der Waals surface area contributed by atoms with E-state index in [0.29, 0.717) is 23.9 Å². The molecule has 1 amide bonds. The minimum Gasteiger partial charge on any atom is -0.461 e. The van der Waals surface area contributed by atoms with Gasteiger partial charge in [0.2, 0.25) is 17.6 Å². The predicted octanol–water partition coefficient (Wildman–Crippen LogP) is 2.32. The Morgan fingerprint density at radius 1 is 1.33 bits per heavy atom. The second kappa shape index (κ2) is 8.10. The van der Waals surface area contributed by atoms with E-state index in [2.05, 4.69) is 15.5 Å². The summed E-state index contributed by atoms with van der Waals surface area (Å²) in [6.07, 6.45) is 7.50. The minimum atomic E-state index is -0.0434. The van der Waals surface area contributed by atoms with Crippen molar-refractivity contribution in [3.05, 3.63) is 24.3 Å². The maximum Gasteiger partial charge on any atom is 0.238 e. The van der Waals surface area contributed by atoms with Crippen molar-refractivity contribution in [2.75, 3.05) is 6.61 Å². The first-order valence-corrected chi connectivity index (χ1v) is 8.53. The molecule has 2 N–H and O–H groups in total. The monoisotopic (exact) mass is 333 g/mol. The molecule has 7 heteroatoms. The fraction of sp³-hybridized carbons (Fsp3) is 0.588. The normalized spacial score (nSPS) is 21.4. The Kier molecular flexibility index (Phi) is 5.63. The highest BCUT2D eigenvalue weighted by Gasteiger charge is 2.24. The van der Waals surface area contributed by atoms with Crippen LogP contribution in [0, 0.1) is 5.92 Å². The summed E-state index contributed by atoms with van der Waals surface area (Å²) in [6.45, 7) is 0.126. The van der Waals surface area contributed by atoms with E-state index in [0.717, 1.165) is 25.7 Å². The number of hydrogen-bond donors (Lipinski definition) is 2. The van der Waals surface area contributed by atoms with E-state index in [9.17, 15) is 9.90 Å². The van der Waals surface area contributed by atoms with Crippen LogP contribution in [0.25, 0.3) is 11.6 Å². The highest BCUT2D eigenvalue weighted by atomic mass is 16.5. The van der Waals surface area contributed by atoms with Gasteiger partial charge in [-0.3, -0.25) is 4.79 Å². The summed E-state index contributed by atoms with van der Waals surface area (Å²) in [7, 11) is 0. The van der Waals surface area contributed by atoms with Gasteiger partial charge in [0.05, 0.1) is 6.26 Å². The number of aliphatic hydroxyl groups is 1. The van der Waals surface area contributed by atoms with Gasteiger partial charge in [0.1, 0.15) is 0 Å². The van der Waals surface area contributed by atoms with Crippen LogP contribution in [-0.4, -0.2) is 33.8 Å². The lowest BCUT2D eigenvalue weighted by Crippen LogP contribution is -2.41. The van der Waals surface area contributed by atoms with Crippen LogP contribution in [0.15, 0.2) is 27.3 Å². The lowest BCUT2D eigenvalue weighted by Gasteiger charge is -2.24. The van der Waals surface area contributed by atoms with Crippen LogP contribution in [0.1, 0.15) is 44.4 Å². The topological polar surface area (TPSA) is 101 Å². The standard InChI is InChI=1S/C17H23N3O4/c21-11-12-5-2-1-3-6-13(12)18-15(22)8-9-16-19-17(20-24-16)14-7-4-10-23-14/h4,7,10,12-13,21H,1-3,5-6,8-9,11H2,(H,18,22). The molecule has 2 aromatic rings. The van der Waals surface area contributed by atoms with Gasteiger partial charge in [0.25, 0.3) is 0 Å². The van der Waals surface area contributed by atoms with Crippen LogP contribution in [0.5, 0.6) is 0 Å². The maximum atomic E-state index is 12.2. The largest absolute Gasteiger partial charge is 0.461 e. The average Bonchev–Trinajstić information content (AvgIpc) is 3.22. The number of amides is 1. The number of hydrogen-bond acceptors (Lipinski definition) is 6. The molecule has 7 nitrogen and oxygen atoms in total. The summed E-state index contributed by atoms with van der Waals surface area (Å²) in [4.78, 5) is 16.4. The van der Waals surface area contributed by atoms with Crippen molar-refractivity contribution < 1.29 is 18.8 Å².